The zero-order chi connectivity index (χ0) is 13.8. The molecule has 0 atom stereocenters. The number of halogens is 2. The quantitative estimate of drug-likeness (QED) is 0.832. The van der Waals surface area contributed by atoms with Crippen LogP contribution in [0.25, 0.3) is 0 Å². The van der Waals surface area contributed by atoms with Crippen LogP contribution in [0.1, 0.15) is 16.8 Å². The van der Waals surface area contributed by atoms with Gasteiger partial charge in [-0.05, 0) is 34.5 Å². The summed E-state index contributed by atoms with van der Waals surface area (Å²) in [6.07, 6.45) is 1.43. The van der Waals surface area contributed by atoms with Crippen molar-refractivity contribution in [3.05, 3.63) is 34.1 Å². The molecular weight excluding hydrogens is 325 g/mol. The molecule has 0 aliphatic carbocycles. The Labute approximate surface area is 114 Å². The summed E-state index contributed by atoms with van der Waals surface area (Å²) in [4.78, 5) is 11.7. The molecule has 1 aromatic rings. The summed E-state index contributed by atoms with van der Waals surface area (Å²) < 4.78 is 35.5. The molecule has 0 heterocycles. The topological polar surface area (TPSA) is 63.2 Å². The lowest BCUT2D eigenvalue weighted by molar-refractivity contribution is 0.0949. The van der Waals surface area contributed by atoms with Crippen molar-refractivity contribution in [1.82, 2.24) is 5.32 Å². The highest BCUT2D eigenvalue weighted by Crippen LogP contribution is 2.19. The number of carbonyl (C=O) groups is 1. The van der Waals surface area contributed by atoms with Gasteiger partial charge < -0.3 is 5.32 Å². The third-order valence-electron chi connectivity index (χ3n) is 2.17. The number of carbonyl (C=O) groups excluding carboxylic acids is 1. The Bertz CT molecular complexity index is 525. The van der Waals surface area contributed by atoms with Gasteiger partial charge in [-0.1, -0.05) is 6.07 Å². The van der Waals surface area contributed by atoms with Gasteiger partial charge in [-0.2, -0.15) is 0 Å². The lowest BCUT2D eigenvalue weighted by Crippen LogP contribution is -2.27. The van der Waals surface area contributed by atoms with E-state index in [1.54, 1.807) is 6.07 Å². The molecule has 1 rings (SSSR count). The van der Waals surface area contributed by atoms with Crippen LogP contribution in [0.3, 0.4) is 0 Å². The molecule has 18 heavy (non-hydrogen) atoms. The Morgan fingerprint density at radius 1 is 1.44 bits per heavy atom. The van der Waals surface area contributed by atoms with Crippen LogP contribution in [0, 0.1) is 5.82 Å². The Kier molecular flexibility index (Phi) is 5.28. The van der Waals surface area contributed by atoms with E-state index in [-0.39, 0.29) is 17.9 Å². The first-order chi connectivity index (χ1) is 8.31. The van der Waals surface area contributed by atoms with Crippen LogP contribution >= 0.6 is 15.9 Å². The molecule has 0 saturated heterocycles. The molecule has 1 amide bonds. The van der Waals surface area contributed by atoms with Crippen LogP contribution in [-0.4, -0.2) is 32.9 Å². The molecule has 4 nitrogen and oxygen atoms in total. The molecule has 7 heteroatoms. The summed E-state index contributed by atoms with van der Waals surface area (Å²) in [7, 11) is -3.04. The molecule has 100 valence electrons. The van der Waals surface area contributed by atoms with E-state index in [2.05, 4.69) is 21.2 Å². The minimum Gasteiger partial charge on any atom is -0.352 e. The number of hydrogen-bond donors (Lipinski definition) is 1. The molecule has 1 aromatic carbocycles. The third-order valence-corrected chi connectivity index (χ3v) is 3.86. The van der Waals surface area contributed by atoms with Crippen molar-refractivity contribution in [1.29, 1.82) is 0 Å². The van der Waals surface area contributed by atoms with Gasteiger partial charge in [0.1, 0.15) is 15.7 Å². The second kappa shape index (κ2) is 6.29. The van der Waals surface area contributed by atoms with Gasteiger partial charge in [0.15, 0.2) is 0 Å². The first-order valence-corrected chi connectivity index (χ1v) is 8.06. The largest absolute Gasteiger partial charge is 0.352 e. The van der Waals surface area contributed by atoms with E-state index < -0.39 is 21.6 Å². The molecular formula is C11H13BrFNO3S. The Balaban J connectivity index is 2.56. The van der Waals surface area contributed by atoms with Crippen LogP contribution in [0.2, 0.25) is 0 Å². The highest BCUT2D eigenvalue weighted by molar-refractivity contribution is 9.10. The van der Waals surface area contributed by atoms with Gasteiger partial charge in [-0.3, -0.25) is 4.79 Å². The molecule has 1 N–H and O–H groups in total. The molecule has 0 bridgehead atoms. The van der Waals surface area contributed by atoms with Gasteiger partial charge in [0, 0.05) is 17.3 Å². The maximum Gasteiger partial charge on any atom is 0.255 e. The van der Waals surface area contributed by atoms with E-state index >= 15 is 0 Å². The second-order valence-corrected chi connectivity index (χ2v) is 6.95. The molecule has 0 aliphatic heterocycles. The maximum absolute atomic E-state index is 13.4. The predicted molar refractivity (Wildman–Crippen MR) is 70.8 cm³/mol. The van der Waals surface area contributed by atoms with E-state index in [9.17, 15) is 17.6 Å². The van der Waals surface area contributed by atoms with Gasteiger partial charge in [0.2, 0.25) is 0 Å². The monoisotopic (exact) mass is 337 g/mol. The van der Waals surface area contributed by atoms with E-state index in [0.29, 0.717) is 10.9 Å². The van der Waals surface area contributed by atoms with E-state index in [0.717, 1.165) is 6.26 Å². The maximum atomic E-state index is 13.4. The number of nitrogens with one attached hydrogen (secondary N) is 1. The summed E-state index contributed by atoms with van der Waals surface area (Å²) in [6, 6.07) is 4.24. The van der Waals surface area contributed by atoms with Gasteiger partial charge in [0.05, 0.1) is 11.3 Å². The van der Waals surface area contributed by atoms with Gasteiger partial charge in [0.25, 0.3) is 5.91 Å². The van der Waals surface area contributed by atoms with Crippen LogP contribution in [-0.2, 0) is 9.84 Å². The Hall–Kier alpha value is -0.950. The van der Waals surface area contributed by atoms with Crippen LogP contribution in [0.4, 0.5) is 4.39 Å². The molecule has 0 spiro atoms. The summed E-state index contributed by atoms with van der Waals surface area (Å²) in [5.41, 5.74) is -0.0724. The summed E-state index contributed by atoms with van der Waals surface area (Å²) in [5, 5.41) is 2.48. The highest BCUT2D eigenvalue weighted by Gasteiger charge is 2.14. The summed E-state index contributed by atoms with van der Waals surface area (Å²) in [6.45, 7) is 0.187. The van der Waals surface area contributed by atoms with Gasteiger partial charge >= 0.3 is 0 Å². The standard InChI is InChI=1S/C11H13BrFNO3S/c1-18(16,17)7-3-6-14-11(15)10-8(12)4-2-5-9(10)13/h2,4-5H,3,6-7H2,1H3,(H,14,15). The normalized spacial score (nSPS) is 11.3. The Morgan fingerprint density at radius 3 is 2.67 bits per heavy atom. The average molecular weight is 338 g/mol. The lowest BCUT2D eigenvalue weighted by Gasteiger charge is -2.07. The van der Waals surface area contributed by atoms with E-state index in [1.165, 1.54) is 12.1 Å². The van der Waals surface area contributed by atoms with Gasteiger partial charge in [-0.25, -0.2) is 12.8 Å². The third kappa shape index (κ3) is 4.73. The minimum atomic E-state index is -3.04. The minimum absolute atomic E-state index is 0.00821. The number of amides is 1. The van der Waals surface area contributed by atoms with Crippen LogP contribution in [0.5, 0.6) is 0 Å². The lowest BCUT2D eigenvalue weighted by atomic mass is 10.2. The zero-order valence-corrected chi connectivity index (χ0v) is 12.1. The van der Waals surface area contributed by atoms with Crippen molar-refractivity contribution in [2.45, 2.75) is 6.42 Å². The number of sulfone groups is 1. The molecule has 0 aromatic heterocycles. The fourth-order valence-electron chi connectivity index (χ4n) is 1.34. The van der Waals surface area contributed by atoms with Crippen molar-refractivity contribution < 1.29 is 17.6 Å². The predicted octanol–water partition coefficient (Wildman–Crippen LogP) is 1.75. The van der Waals surface area contributed by atoms with Gasteiger partial charge in [-0.15, -0.1) is 0 Å². The number of benzene rings is 1. The molecule has 0 saturated carbocycles. The SMILES string of the molecule is CS(=O)(=O)CCCNC(=O)c1c(F)cccc1Br. The highest BCUT2D eigenvalue weighted by atomic mass is 79.9. The fraction of sp³-hybridized carbons (Fsp3) is 0.364. The first kappa shape index (κ1) is 15.1. The average Bonchev–Trinajstić information content (AvgIpc) is 2.23. The molecule has 0 aliphatic rings. The molecule has 0 radical (unpaired) electrons. The van der Waals surface area contributed by atoms with Crippen LogP contribution < -0.4 is 5.32 Å². The second-order valence-electron chi connectivity index (χ2n) is 3.84. The Morgan fingerprint density at radius 2 is 2.11 bits per heavy atom. The fourth-order valence-corrected chi connectivity index (χ4v) is 2.53. The molecule has 0 fully saturated rings. The van der Waals surface area contributed by atoms with Crippen molar-refractivity contribution in [2.24, 2.45) is 0 Å². The number of hydrogen-bond acceptors (Lipinski definition) is 3. The van der Waals surface area contributed by atoms with E-state index in [1.807, 2.05) is 0 Å². The van der Waals surface area contributed by atoms with Crippen molar-refractivity contribution in [3.63, 3.8) is 0 Å². The first-order valence-electron chi connectivity index (χ1n) is 5.21. The summed E-state index contributed by atoms with van der Waals surface area (Å²) in [5.74, 6) is -1.19. The number of rotatable bonds is 5. The summed E-state index contributed by atoms with van der Waals surface area (Å²) >= 11 is 3.09. The van der Waals surface area contributed by atoms with Crippen molar-refractivity contribution in [2.75, 3.05) is 18.6 Å². The van der Waals surface area contributed by atoms with Crippen molar-refractivity contribution >= 4 is 31.7 Å². The van der Waals surface area contributed by atoms with E-state index in [4.69, 9.17) is 0 Å². The zero-order valence-electron chi connectivity index (χ0n) is 9.74. The molecule has 0 unspecified atom stereocenters. The van der Waals surface area contributed by atoms with Crippen molar-refractivity contribution in [3.8, 4) is 0 Å². The smallest absolute Gasteiger partial charge is 0.255 e. The van der Waals surface area contributed by atoms with Crippen LogP contribution in [0.15, 0.2) is 22.7 Å².